The fourth-order valence-electron chi connectivity index (χ4n) is 2.41. The summed E-state index contributed by atoms with van der Waals surface area (Å²) in [7, 11) is 0. The van der Waals surface area contributed by atoms with Crippen LogP contribution in [0.25, 0.3) is 0 Å². The van der Waals surface area contributed by atoms with Gasteiger partial charge in [0.2, 0.25) is 0 Å². The van der Waals surface area contributed by atoms with E-state index in [-0.39, 0.29) is 35.3 Å². The highest BCUT2D eigenvalue weighted by atomic mass is 16.7. The number of nitrogens with zero attached hydrogens (tertiary/aromatic N) is 4. The minimum atomic E-state index is -1.26. The fourth-order valence-corrected chi connectivity index (χ4v) is 2.41. The van der Waals surface area contributed by atoms with E-state index in [1.807, 2.05) is 0 Å². The Kier molecular flexibility index (Phi) is 3.86. The monoisotopic (exact) mass is 330 g/mol. The molecule has 9 nitrogen and oxygen atoms in total. The van der Waals surface area contributed by atoms with Gasteiger partial charge < -0.3 is 5.11 Å². The summed E-state index contributed by atoms with van der Waals surface area (Å²) in [4.78, 5) is 41.0. The normalized spacial score (nSPS) is 13.7. The van der Waals surface area contributed by atoms with Gasteiger partial charge in [-0.05, 0) is 12.1 Å². The van der Waals surface area contributed by atoms with Crippen LogP contribution < -0.4 is 0 Å². The molecule has 1 aliphatic heterocycles. The molecule has 2 heterocycles. The van der Waals surface area contributed by atoms with Crippen LogP contribution in [0, 0.1) is 0 Å². The number of imide groups is 1. The van der Waals surface area contributed by atoms with Crippen LogP contribution in [0.3, 0.4) is 0 Å². The Labute approximate surface area is 136 Å². The summed E-state index contributed by atoms with van der Waals surface area (Å²) in [6, 6.07) is 6.33. The second-order valence-corrected chi connectivity index (χ2v) is 5.47. The van der Waals surface area contributed by atoms with Crippen molar-refractivity contribution in [3.63, 3.8) is 0 Å². The second-order valence-electron chi connectivity index (χ2n) is 5.47. The van der Waals surface area contributed by atoms with Crippen molar-refractivity contribution in [2.75, 3.05) is 0 Å². The minimum absolute atomic E-state index is 0.0113. The molecule has 2 aromatic rings. The predicted molar refractivity (Wildman–Crippen MR) is 79.3 cm³/mol. The third kappa shape index (κ3) is 2.44. The molecule has 1 aromatic heterocycles. The Bertz CT molecular complexity index is 807. The van der Waals surface area contributed by atoms with Crippen molar-refractivity contribution in [3.8, 4) is 0 Å². The predicted octanol–water partition coefficient (Wildman–Crippen LogP) is 1.66. The van der Waals surface area contributed by atoms with Crippen LogP contribution in [-0.2, 0) is 11.4 Å². The van der Waals surface area contributed by atoms with Crippen molar-refractivity contribution in [3.05, 3.63) is 47.0 Å². The lowest BCUT2D eigenvalue weighted by Gasteiger charge is -2.13. The lowest BCUT2D eigenvalue weighted by molar-refractivity contribution is -0.103. The van der Waals surface area contributed by atoms with Crippen LogP contribution in [0.2, 0.25) is 0 Å². The molecule has 9 heteroatoms. The highest BCUT2D eigenvalue weighted by molar-refractivity contribution is 6.20. The Hall–Kier alpha value is -3.07. The zero-order chi connectivity index (χ0) is 17.4. The van der Waals surface area contributed by atoms with Crippen LogP contribution in [0.15, 0.2) is 24.3 Å². The van der Waals surface area contributed by atoms with Gasteiger partial charge in [0.25, 0.3) is 11.8 Å². The third-order valence-electron chi connectivity index (χ3n) is 3.54. The number of carbonyl (C=O) groups excluding carboxylic acids is 2. The van der Waals surface area contributed by atoms with Crippen LogP contribution >= 0.6 is 0 Å². The quantitative estimate of drug-likeness (QED) is 0.848. The summed E-state index contributed by atoms with van der Waals surface area (Å²) in [5, 5.41) is 17.5. The van der Waals surface area contributed by atoms with Crippen molar-refractivity contribution in [2.24, 2.45) is 0 Å². The van der Waals surface area contributed by atoms with Gasteiger partial charge in [0.15, 0.2) is 5.82 Å². The van der Waals surface area contributed by atoms with Gasteiger partial charge in [0, 0.05) is 5.92 Å². The smallest absolute Gasteiger partial charge is 0.418 e. The number of carboxylic acid groups (broad SMARTS) is 1. The second kappa shape index (κ2) is 5.85. The number of rotatable bonds is 4. The van der Waals surface area contributed by atoms with E-state index in [0.29, 0.717) is 5.06 Å². The number of hydrogen-bond acceptors (Lipinski definition) is 6. The van der Waals surface area contributed by atoms with E-state index in [1.165, 1.54) is 12.1 Å². The molecule has 0 atom stereocenters. The van der Waals surface area contributed by atoms with Crippen LogP contribution in [0.4, 0.5) is 4.79 Å². The van der Waals surface area contributed by atoms with Gasteiger partial charge in [0.1, 0.15) is 12.4 Å². The van der Waals surface area contributed by atoms with Crippen molar-refractivity contribution >= 4 is 17.9 Å². The van der Waals surface area contributed by atoms with Gasteiger partial charge >= 0.3 is 6.09 Å². The number of carbonyl (C=O) groups is 3. The van der Waals surface area contributed by atoms with Crippen molar-refractivity contribution in [2.45, 2.75) is 26.4 Å². The Balaban J connectivity index is 1.82. The summed E-state index contributed by atoms with van der Waals surface area (Å²) < 4.78 is 0.892. The molecule has 2 amide bonds. The zero-order valence-corrected chi connectivity index (χ0v) is 13.0. The number of aromatic nitrogens is 3. The molecule has 1 aromatic carbocycles. The highest BCUT2D eigenvalue weighted by Gasteiger charge is 2.37. The van der Waals surface area contributed by atoms with Crippen molar-refractivity contribution in [1.82, 2.24) is 19.8 Å². The first-order valence-electron chi connectivity index (χ1n) is 7.20. The molecule has 0 fully saturated rings. The van der Waals surface area contributed by atoms with Crippen molar-refractivity contribution in [1.29, 1.82) is 0 Å². The molecule has 0 saturated heterocycles. The number of hydroxylamine groups is 2. The molecule has 1 aliphatic rings. The fraction of sp³-hybridized carbons (Fsp3) is 0.267. The SMILES string of the molecule is CC(C)c1nnc(CON2C(=O)c3ccccc3C2=O)n1C(=O)O. The average molecular weight is 330 g/mol. The topological polar surface area (TPSA) is 115 Å². The molecule has 0 spiro atoms. The Morgan fingerprint density at radius 1 is 1.17 bits per heavy atom. The number of benzene rings is 1. The van der Waals surface area contributed by atoms with E-state index in [0.717, 1.165) is 4.57 Å². The Morgan fingerprint density at radius 2 is 1.75 bits per heavy atom. The molecule has 0 aliphatic carbocycles. The molecule has 0 saturated carbocycles. The van der Waals surface area contributed by atoms with E-state index in [1.54, 1.807) is 26.0 Å². The molecule has 0 unspecified atom stereocenters. The van der Waals surface area contributed by atoms with Gasteiger partial charge in [-0.15, -0.1) is 15.3 Å². The zero-order valence-electron chi connectivity index (χ0n) is 13.0. The van der Waals surface area contributed by atoms with Crippen molar-refractivity contribution < 1.29 is 24.3 Å². The molecule has 124 valence electrons. The lowest BCUT2D eigenvalue weighted by Crippen LogP contribution is -2.30. The highest BCUT2D eigenvalue weighted by Crippen LogP contribution is 2.23. The van der Waals surface area contributed by atoms with Crippen LogP contribution in [0.1, 0.15) is 52.1 Å². The van der Waals surface area contributed by atoms with Gasteiger partial charge in [-0.25, -0.2) is 9.36 Å². The maximum Gasteiger partial charge on any atom is 0.418 e. The number of hydrogen-bond donors (Lipinski definition) is 1. The minimum Gasteiger partial charge on any atom is -0.464 e. The number of fused-ring (bicyclic) bond motifs is 1. The summed E-state index contributed by atoms with van der Waals surface area (Å²) >= 11 is 0. The standard InChI is InChI=1S/C15H14N4O5/c1-8(2)12-17-16-11(18(12)15(22)23)7-24-19-13(20)9-5-3-4-6-10(9)14(19)21/h3-6,8H,7H2,1-2H3,(H,22,23). The van der Waals surface area contributed by atoms with E-state index >= 15 is 0 Å². The molecular formula is C15H14N4O5. The summed E-state index contributed by atoms with van der Waals surface area (Å²) in [5.41, 5.74) is 0.482. The molecular weight excluding hydrogens is 316 g/mol. The largest absolute Gasteiger partial charge is 0.464 e. The summed E-state index contributed by atoms with van der Waals surface area (Å²) in [5.74, 6) is -1.12. The maximum atomic E-state index is 12.2. The molecule has 24 heavy (non-hydrogen) atoms. The molecule has 3 rings (SSSR count). The average Bonchev–Trinajstić information content (AvgIpc) is 3.07. The first-order valence-corrected chi connectivity index (χ1v) is 7.20. The van der Waals surface area contributed by atoms with E-state index < -0.39 is 17.9 Å². The molecule has 1 N–H and O–H groups in total. The molecule has 0 radical (unpaired) electrons. The van der Waals surface area contributed by atoms with E-state index in [9.17, 15) is 19.5 Å². The first kappa shape index (κ1) is 15.8. The van der Waals surface area contributed by atoms with Gasteiger partial charge in [-0.3, -0.25) is 14.4 Å². The first-order chi connectivity index (χ1) is 11.4. The van der Waals surface area contributed by atoms with Crippen LogP contribution in [-0.4, -0.2) is 42.8 Å². The van der Waals surface area contributed by atoms with Gasteiger partial charge in [0.05, 0.1) is 11.1 Å². The number of amides is 2. The van der Waals surface area contributed by atoms with E-state index in [4.69, 9.17) is 4.84 Å². The lowest BCUT2D eigenvalue weighted by atomic mass is 10.1. The summed E-state index contributed by atoms with van der Waals surface area (Å²) in [6.07, 6.45) is -1.26. The Morgan fingerprint density at radius 3 is 2.25 bits per heavy atom. The molecule has 0 bridgehead atoms. The third-order valence-corrected chi connectivity index (χ3v) is 3.54. The summed E-state index contributed by atoms with van der Waals surface area (Å²) in [6.45, 7) is 3.17. The van der Waals surface area contributed by atoms with Gasteiger partial charge in [-0.1, -0.05) is 26.0 Å². The van der Waals surface area contributed by atoms with Gasteiger partial charge in [-0.2, -0.15) is 0 Å². The van der Waals surface area contributed by atoms with Crippen LogP contribution in [0.5, 0.6) is 0 Å². The maximum absolute atomic E-state index is 12.2. The van der Waals surface area contributed by atoms with E-state index in [2.05, 4.69) is 10.2 Å².